The first kappa shape index (κ1) is 25.6. The van der Waals surface area contributed by atoms with Crippen LogP contribution in [0.15, 0.2) is 91.0 Å². The van der Waals surface area contributed by atoms with E-state index in [4.69, 9.17) is 23.7 Å². The van der Waals surface area contributed by atoms with E-state index in [2.05, 4.69) is 0 Å². The van der Waals surface area contributed by atoms with Crippen molar-refractivity contribution in [3.8, 4) is 0 Å². The summed E-state index contributed by atoms with van der Waals surface area (Å²) < 4.78 is 27.2. The Morgan fingerprint density at radius 2 is 1.24 bits per heavy atom. The second-order valence-corrected chi connectivity index (χ2v) is 8.13. The topological polar surface area (TPSA) is 114 Å². The van der Waals surface area contributed by atoms with Crippen LogP contribution in [0.2, 0.25) is 0 Å². The van der Waals surface area contributed by atoms with Crippen molar-refractivity contribution in [3.63, 3.8) is 0 Å². The quantitative estimate of drug-likeness (QED) is 0.335. The summed E-state index contributed by atoms with van der Waals surface area (Å²) in [5, 5.41) is 0. The van der Waals surface area contributed by atoms with E-state index in [1.165, 1.54) is 12.1 Å². The van der Waals surface area contributed by atoms with E-state index in [1.54, 1.807) is 78.9 Å². The van der Waals surface area contributed by atoms with Gasteiger partial charge in [-0.2, -0.15) is 0 Å². The molecule has 190 valence electrons. The van der Waals surface area contributed by atoms with Crippen molar-refractivity contribution in [1.82, 2.24) is 0 Å². The molecule has 0 bridgehead atoms. The maximum Gasteiger partial charge on any atom is 0.379 e. The van der Waals surface area contributed by atoms with E-state index in [0.717, 1.165) is 7.11 Å². The van der Waals surface area contributed by atoms with E-state index in [-0.39, 0.29) is 24.2 Å². The lowest BCUT2D eigenvalue weighted by Gasteiger charge is -2.25. The minimum Gasteiger partial charge on any atom is -0.464 e. The number of carbonyl (C=O) groups excluding carboxylic acids is 4. The predicted octanol–water partition coefficient (Wildman–Crippen LogP) is 3.58. The summed E-state index contributed by atoms with van der Waals surface area (Å²) in [4.78, 5) is 51.0. The lowest BCUT2D eigenvalue weighted by atomic mass is 10.1. The molecule has 1 aliphatic heterocycles. The molecule has 0 amide bonds. The number of carbonyl (C=O) groups is 4. The van der Waals surface area contributed by atoms with Crippen LogP contribution in [-0.4, -0.2) is 55.6 Å². The van der Waals surface area contributed by atoms with Crippen molar-refractivity contribution >= 4 is 23.9 Å². The summed E-state index contributed by atoms with van der Waals surface area (Å²) in [5.41, 5.74) is 0.735. The Bertz CT molecular complexity index is 1240. The molecule has 37 heavy (non-hydrogen) atoms. The highest BCUT2D eigenvalue weighted by Crippen LogP contribution is 2.36. The second kappa shape index (κ2) is 11.5. The third-order valence-corrected chi connectivity index (χ3v) is 5.65. The number of esters is 4. The Labute approximate surface area is 212 Å². The number of methoxy groups -OCH3 is 1. The number of ether oxygens (including phenoxy) is 5. The third kappa shape index (κ3) is 6.02. The predicted molar refractivity (Wildman–Crippen MR) is 128 cm³/mol. The van der Waals surface area contributed by atoms with Gasteiger partial charge < -0.3 is 23.7 Å². The van der Waals surface area contributed by atoms with Gasteiger partial charge in [-0.3, -0.25) is 0 Å². The smallest absolute Gasteiger partial charge is 0.379 e. The van der Waals surface area contributed by atoms with Crippen LogP contribution < -0.4 is 0 Å². The number of hydrogen-bond donors (Lipinski definition) is 0. The molecular formula is C28H24O9. The largest absolute Gasteiger partial charge is 0.464 e. The third-order valence-electron chi connectivity index (χ3n) is 5.65. The monoisotopic (exact) mass is 504 g/mol. The fourth-order valence-electron chi connectivity index (χ4n) is 3.80. The highest BCUT2D eigenvalue weighted by Gasteiger charge is 2.58. The summed E-state index contributed by atoms with van der Waals surface area (Å²) in [5.74, 6) is -5.42. The first-order valence-electron chi connectivity index (χ1n) is 11.4. The molecule has 9 heteroatoms. The van der Waals surface area contributed by atoms with Crippen LogP contribution in [0.1, 0.15) is 37.5 Å². The summed E-state index contributed by atoms with van der Waals surface area (Å²) in [6, 6.07) is 24.5. The highest BCUT2D eigenvalue weighted by molar-refractivity contribution is 5.93. The van der Waals surface area contributed by atoms with Crippen LogP contribution in [0, 0.1) is 0 Å². The highest BCUT2D eigenvalue weighted by atomic mass is 16.8. The SMILES string of the molecule is COC(=O)[C@]1(OC(=O)c2ccccc2)C[C@H](OC(=O)c2ccccc2)[C@@H](COC(=O)c2ccccc2)O1. The van der Waals surface area contributed by atoms with Gasteiger partial charge in [0.05, 0.1) is 30.2 Å². The number of hydrogen-bond acceptors (Lipinski definition) is 9. The molecule has 1 saturated heterocycles. The maximum atomic E-state index is 12.8. The van der Waals surface area contributed by atoms with Gasteiger partial charge in [0, 0.05) is 0 Å². The van der Waals surface area contributed by atoms with Crippen molar-refractivity contribution in [1.29, 1.82) is 0 Å². The minimum absolute atomic E-state index is 0.172. The average Bonchev–Trinajstić information content (AvgIpc) is 3.30. The molecular weight excluding hydrogens is 480 g/mol. The van der Waals surface area contributed by atoms with Gasteiger partial charge in [0.2, 0.25) is 0 Å². The van der Waals surface area contributed by atoms with Gasteiger partial charge in [0.25, 0.3) is 0 Å². The number of benzene rings is 3. The first-order chi connectivity index (χ1) is 17.9. The molecule has 4 rings (SSSR count). The van der Waals surface area contributed by atoms with Gasteiger partial charge >= 0.3 is 29.7 Å². The fraction of sp³-hybridized carbons (Fsp3) is 0.214. The summed E-state index contributed by atoms with van der Waals surface area (Å²) in [6.07, 6.45) is -2.62. The molecule has 1 fully saturated rings. The molecule has 0 radical (unpaired) electrons. The van der Waals surface area contributed by atoms with Crippen molar-refractivity contribution in [2.75, 3.05) is 13.7 Å². The van der Waals surface area contributed by atoms with Crippen LogP contribution in [0.4, 0.5) is 0 Å². The van der Waals surface area contributed by atoms with E-state index in [9.17, 15) is 19.2 Å². The molecule has 0 spiro atoms. The van der Waals surface area contributed by atoms with Gasteiger partial charge in [-0.05, 0) is 36.4 Å². The van der Waals surface area contributed by atoms with E-state index in [0.29, 0.717) is 5.56 Å². The summed E-state index contributed by atoms with van der Waals surface area (Å²) in [7, 11) is 1.11. The lowest BCUT2D eigenvalue weighted by molar-refractivity contribution is -0.222. The van der Waals surface area contributed by atoms with Crippen molar-refractivity contribution in [2.45, 2.75) is 24.4 Å². The zero-order valence-electron chi connectivity index (χ0n) is 19.9. The fourth-order valence-corrected chi connectivity index (χ4v) is 3.80. The Kier molecular flexibility index (Phi) is 7.95. The molecule has 9 nitrogen and oxygen atoms in total. The Balaban J connectivity index is 1.58. The van der Waals surface area contributed by atoms with Crippen LogP contribution >= 0.6 is 0 Å². The average molecular weight is 504 g/mol. The van der Waals surface area contributed by atoms with Gasteiger partial charge in [-0.1, -0.05) is 54.6 Å². The number of rotatable bonds is 8. The molecule has 1 heterocycles. The normalized spacial score (nSPS) is 20.5. The Morgan fingerprint density at radius 1 is 0.757 bits per heavy atom. The molecule has 0 aliphatic carbocycles. The summed E-state index contributed by atoms with van der Waals surface area (Å²) >= 11 is 0. The molecule has 0 aromatic heterocycles. The lowest BCUT2D eigenvalue weighted by Crippen LogP contribution is -2.45. The molecule has 3 atom stereocenters. The van der Waals surface area contributed by atoms with E-state index in [1.807, 2.05) is 0 Å². The van der Waals surface area contributed by atoms with Crippen molar-refractivity contribution < 1.29 is 42.9 Å². The maximum absolute atomic E-state index is 12.8. The standard InChI is InChI=1S/C28H24O9/c1-33-27(32)28(37-26(31)21-15-9-4-10-16-21)17-22(35-25(30)20-13-7-3-8-14-20)23(36-28)18-34-24(29)19-11-5-2-6-12-19/h2-16,22-23H,17-18H2,1H3/t22-,23+,28+/m0/s1. The van der Waals surface area contributed by atoms with Gasteiger partial charge in [-0.15, -0.1) is 0 Å². The molecule has 3 aromatic carbocycles. The van der Waals surface area contributed by atoms with Crippen molar-refractivity contribution in [3.05, 3.63) is 108 Å². The van der Waals surface area contributed by atoms with Crippen LogP contribution in [0.5, 0.6) is 0 Å². The van der Waals surface area contributed by atoms with Crippen molar-refractivity contribution in [2.24, 2.45) is 0 Å². The molecule has 0 unspecified atom stereocenters. The van der Waals surface area contributed by atoms with E-state index < -0.39 is 41.9 Å². The first-order valence-corrected chi connectivity index (χ1v) is 11.4. The zero-order valence-corrected chi connectivity index (χ0v) is 19.9. The van der Waals surface area contributed by atoms with Gasteiger partial charge in [-0.25, -0.2) is 19.2 Å². The van der Waals surface area contributed by atoms with Gasteiger partial charge in [0.15, 0.2) is 0 Å². The molecule has 1 aliphatic rings. The molecule has 0 N–H and O–H groups in total. The van der Waals surface area contributed by atoms with Crippen LogP contribution in [0.3, 0.4) is 0 Å². The Hall–Kier alpha value is -4.50. The van der Waals surface area contributed by atoms with Crippen LogP contribution in [-0.2, 0) is 28.5 Å². The van der Waals surface area contributed by atoms with Crippen LogP contribution in [0.25, 0.3) is 0 Å². The molecule has 0 saturated carbocycles. The second-order valence-electron chi connectivity index (χ2n) is 8.13. The Morgan fingerprint density at radius 3 is 1.76 bits per heavy atom. The van der Waals surface area contributed by atoms with Gasteiger partial charge in [0.1, 0.15) is 18.8 Å². The summed E-state index contributed by atoms with van der Waals surface area (Å²) in [6.45, 7) is -0.387. The van der Waals surface area contributed by atoms with E-state index >= 15 is 0 Å². The zero-order chi connectivity index (χ0) is 26.3. The molecule has 3 aromatic rings. The minimum atomic E-state index is -2.23.